The van der Waals surface area contributed by atoms with E-state index in [4.69, 9.17) is 5.73 Å². The van der Waals surface area contributed by atoms with Gasteiger partial charge in [0.25, 0.3) is 0 Å². The number of rotatable bonds is 2. The van der Waals surface area contributed by atoms with Crippen LogP contribution >= 0.6 is 0 Å². The second-order valence-electron chi connectivity index (χ2n) is 8.23. The van der Waals surface area contributed by atoms with Crippen LogP contribution in [-0.4, -0.2) is 5.54 Å². The van der Waals surface area contributed by atoms with Crippen molar-refractivity contribution in [3.05, 3.63) is 35.9 Å². The standard InChI is InChI=1S/C19H29N/c1-18(2,3)15-9-11-19(20,12-10-15)17-13-16(17)14-7-5-4-6-8-14/h4-8,15-17H,9-13,20H2,1-3H3. The third-order valence-electron chi connectivity index (χ3n) is 5.90. The van der Waals surface area contributed by atoms with Gasteiger partial charge in [0.05, 0.1) is 0 Å². The summed E-state index contributed by atoms with van der Waals surface area (Å²) in [5.41, 5.74) is 8.86. The minimum absolute atomic E-state index is 0.113. The molecule has 2 aliphatic rings. The first kappa shape index (κ1) is 14.1. The van der Waals surface area contributed by atoms with Gasteiger partial charge in [0, 0.05) is 5.54 Å². The van der Waals surface area contributed by atoms with Crippen molar-refractivity contribution < 1.29 is 0 Å². The van der Waals surface area contributed by atoms with E-state index in [0.717, 1.165) is 17.8 Å². The molecule has 2 saturated carbocycles. The molecule has 20 heavy (non-hydrogen) atoms. The molecule has 1 aromatic rings. The van der Waals surface area contributed by atoms with Gasteiger partial charge in [-0.15, -0.1) is 0 Å². The predicted octanol–water partition coefficient (Wildman–Crippen LogP) is 4.72. The third kappa shape index (κ3) is 2.65. The van der Waals surface area contributed by atoms with Gasteiger partial charge in [-0.05, 0) is 60.8 Å². The average Bonchev–Trinajstić information content (AvgIpc) is 3.20. The summed E-state index contributed by atoms with van der Waals surface area (Å²) in [7, 11) is 0. The van der Waals surface area contributed by atoms with Crippen molar-refractivity contribution in [2.75, 3.05) is 0 Å². The molecule has 0 saturated heterocycles. The monoisotopic (exact) mass is 271 g/mol. The predicted molar refractivity (Wildman–Crippen MR) is 85.6 cm³/mol. The Bertz CT molecular complexity index is 448. The van der Waals surface area contributed by atoms with Gasteiger partial charge in [0.1, 0.15) is 0 Å². The van der Waals surface area contributed by atoms with E-state index in [2.05, 4.69) is 51.1 Å². The van der Waals surface area contributed by atoms with Crippen molar-refractivity contribution in [3.8, 4) is 0 Å². The van der Waals surface area contributed by atoms with Crippen LogP contribution in [0.1, 0.15) is 64.4 Å². The quantitative estimate of drug-likeness (QED) is 0.827. The van der Waals surface area contributed by atoms with E-state index in [0.29, 0.717) is 5.41 Å². The molecular weight excluding hydrogens is 242 g/mol. The topological polar surface area (TPSA) is 26.0 Å². The van der Waals surface area contributed by atoms with Crippen LogP contribution in [0, 0.1) is 17.3 Å². The molecule has 0 radical (unpaired) electrons. The number of hydrogen-bond acceptors (Lipinski definition) is 1. The van der Waals surface area contributed by atoms with Crippen molar-refractivity contribution in [3.63, 3.8) is 0 Å². The molecule has 0 spiro atoms. The molecule has 2 atom stereocenters. The molecule has 1 heteroatoms. The summed E-state index contributed by atoms with van der Waals surface area (Å²) in [5.74, 6) is 2.31. The van der Waals surface area contributed by atoms with E-state index in [-0.39, 0.29) is 5.54 Å². The normalized spacial score (nSPS) is 37.7. The molecule has 2 unspecified atom stereocenters. The Hall–Kier alpha value is -0.820. The fraction of sp³-hybridized carbons (Fsp3) is 0.684. The highest BCUT2D eigenvalue weighted by Crippen LogP contribution is 2.57. The van der Waals surface area contributed by atoms with Crippen LogP contribution < -0.4 is 5.73 Å². The Balaban J connectivity index is 1.63. The first-order chi connectivity index (χ1) is 9.40. The van der Waals surface area contributed by atoms with Crippen LogP contribution in [0.5, 0.6) is 0 Å². The molecule has 2 N–H and O–H groups in total. The van der Waals surface area contributed by atoms with Gasteiger partial charge in [0.2, 0.25) is 0 Å². The molecule has 0 heterocycles. The SMILES string of the molecule is CC(C)(C)C1CCC(N)(C2CC2c2ccccc2)CC1. The first-order valence-electron chi connectivity index (χ1n) is 8.24. The van der Waals surface area contributed by atoms with Gasteiger partial charge in [-0.2, -0.15) is 0 Å². The maximum atomic E-state index is 6.80. The summed E-state index contributed by atoms with van der Waals surface area (Å²) in [5, 5.41) is 0. The van der Waals surface area contributed by atoms with E-state index >= 15 is 0 Å². The molecule has 110 valence electrons. The fourth-order valence-electron chi connectivity index (χ4n) is 4.29. The van der Waals surface area contributed by atoms with Crippen molar-refractivity contribution in [1.29, 1.82) is 0 Å². The zero-order chi connectivity index (χ0) is 14.4. The summed E-state index contributed by atoms with van der Waals surface area (Å²) in [6, 6.07) is 11.0. The van der Waals surface area contributed by atoms with Crippen molar-refractivity contribution >= 4 is 0 Å². The van der Waals surface area contributed by atoms with Crippen LogP contribution in [0.25, 0.3) is 0 Å². The zero-order valence-electron chi connectivity index (χ0n) is 13.2. The maximum Gasteiger partial charge on any atom is 0.0189 e. The lowest BCUT2D eigenvalue weighted by Crippen LogP contribution is -2.47. The first-order valence-corrected chi connectivity index (χ1v) is 8.24. The van der Waals surface area contributed by atoms with E-state index in [9.17, 15) is 0 Å². The van der Waals surface area contributed by atoms with Gasteiger partial charge in [-0.25, -0.2) is 0 Å². The van der Waals surface area contributed by atoms with Crippen molar-refractivity contribution in [2.45, 2.75) is 64.3 Å². The zero-order valence-corrected chi connectivity index (χ0v) is 13.2. The van der Waals surface area contributed by atoms with Gasteiger partial charge in [-0.3, -0.25) is 0 Å². The molecule has 1 nitrogen and oxygen atoms in total. The second-order valence-corrected chi connectivity index (χ2v) is 8.23. The second kappa shape index (κ2) is 4.87. The summed E-state index contributed by atoms with van der Waals surface area (Å²) in [6.07, 6.45) is 6.39. The lowest BCUT2D eigenvalue weighted by atomic mass is 9.66. The minimum atomic E-state index is 0.113. The summed E-state index contributed by atoms with van der Waals surface area (Å²) in [6.45, 7) is 7.14. The molecule has 3 rings (SSSR count). The maximum absolute atomic E-state index is 6.80. The summed E-state index contributed by atoms with van der Waals surface area (Å²) >= 11 is 0. The average molecular weight is 271 g/mol. The Morgan fingerprint density at radius 3 is 2.20 bits per heavy atom. The molecule has 0 aromatic heterocycles. The highest BCUT2D eigenvalue weighted by atomic mass is 14.8. The Labute approximate surface area is 124 Å². The molecule has 2 aliphatic carbocycles. The van der Waals surface area contributed by atoms with Crippen LogP contribution in [-0.2, 0) is 0 Å². The number of hydrogen-bond donors (Lipinski definition) is 1. The number of benzene rings is 1. The highest BCUT2D eigenvalue weighted by Gasteiger charge is 2.52. The van der Waals surface area contributed by atoms with E-state index < -0.39 is 0 Å². The minimum Gasteiger partial charge on any atom is -0.325 e. The third-order valence-corrected chi connectivity index (χ3v) is 5.90. The van der Waals surface area contributed by atoms with E-state index in [1.807, 2.05) is 0 Å². The largest absolute Gasteiger partial charge is 0.325 e. The molecule has 0 aliphatic heterocycles. The lowest BCUT2D eigenvalue weighted by molar-refractivity contribution is 0.122. The highest BCUT2D eigenvalue weighted by molar-refractivity contribution is 5.28. The van der Waals surface area contributed by atoms with Crippen LogP contribution in [0.15, 0.2) is 30.3 Å². The number of nitrogens with two attached hydrogens (primary N) is 1. The Morgan fingerprint density at radius 1 is 1.05 bits per heavy atom. The van der Waals surface area contributed by atoms with Crippen molar-refractivity contribution in [2.24, 2.45) is 23.0 Å². The van der Waals surface area contributed by atoms with E-state index in [1.165, 1.54) is 37.7 Å². The smallest absolute Gasteiger partial charge is 0.0189 e. The van der Waals surface area contributed by atoms with Gasteiger partial charge in [-0.1, -0.05) is 51.1 Å². The molecular formula is C19H29N. The van der Waals surface area contributed by atoms with Crippen LogP contribution in [0.3, 0.4) is 0 Å². The van der Waals surface area contributed by atoms with Crippen LogP contribution in [0.4, 0.5) is 0 Å². The molecule has 1 aromatic carbocycles. The summed E-state index contributed by atoms with van der Waals surface area (Å²) < 4.78 is 0. The Kier molecular flexibility index (Phi) is 3.44. The Morgan fingerprint density at radius 2 is 1.65 bits per heavy atom. The van der Waals surface area contributed by atoms with Gasteiger partial charge >= 0.3 is 0 Å². The summed E-state index contributed by atoms with van der Waals surface area (Å²) in [4.78, 5) is 0. The van der Waals surface area contributed by atoms with Gasteiger partial charge < -0.3 is 5.73 Å². The molecule has 0 bridgehead atoms. The van der Waals surface area contributed by atoms with Crippen molar-refractivity contribution in [1.82, 2.24) is 0 Å². The van der Waals surface area contributed by atoms with E-state index in [1.54, 1.807) is 0 Å². The molecule has 2 fully saturated rings. The lowest BCUT2D eigenvalue weighted by Gasteiger charge is -2.42. The van der Waals surface area contributed by atoms with Crippen LogP contribution in [0.2, 0.25) is 0 Å². The molecule has 0 amide bonds. The van der Waals surface area contributed by atoms with Gasteiger partial charge in [0.15, 0.2) is 0 Å². The fourth-order valence-corrected chi connectivity index (χ4v) is 4.29.